The first-order chi connectivity index (χ1) is 11.0. The number of halogens is 2. The Kier molecular flexibility index (Phi) is 6.18. The molecule has 118 valence electrons. The fourth-order valence-electron chi connectivity index (χ4n) is 1.85. The maximum atomic E-state index is 12.4. The molecule has 0 fully saturated rings. The third-order valence-corrected chi connectivity index (χ3v) is 4.21. The van der Waals surface area contributed by atoms with Gasteiger partial charge in [-0.05, 0) is 58.5 Å². The standard InChI is InChI=1S/C17H14ClIN2O2/c1-20-17(23)15(10-11-6-8-12(18)9-7-11)21-16(22)13-4-2-3-5-14(13)19/h2-10H,1H3,(H,20,23)(H,21,22). The number of nitrogens with one attached hydrogen (secondary N) is 2. The number of carbonyl (C=O) groups excluding carboxylic acids is 2. The third-order valence-electron chi connectivity index (χ3n) is 3.02. The molecule has 23 heavy (non-hydrogen) atoms. The molecule has 4 nitrogen and oxygen atoms in total. The number of amides is 2. The van der Waals surface area contributed by atoms with E-state index in [-0.39, 0.29) is 17.5 Å². The highest BCUT2D eigenvalue weighted by Crippen LogP contribution is 2.14. The van der Waals surface area contributed by atoms with E-state index in [9.17, 15) is 9.59 Å². The van der Waals surface area contributed by atoms with Gasteiger partial charge in [-0.2, -0.15) is 0 Å². The Morgan fingerprint density at radius 3 is 2.35 bits per heavy atom. The van der Waals surface area contributed by atoms with Gasteiger partial charge in [0.2, 0.25) is 0 Å². The maximum absolute atomic E-state index is 12.4. The van der Waals surface area contributed by atoms with E-state index < -0.39 is 0 Å². The summed E-state index contributed by atoms with van der Waals surface area (Å²) in [5, 5.41) is 5.78. The van der Waals surface area contributed by atoms with Gasteiger partial charge in [0.05, 0.1) is 5.56 Å². The van der Waals surface area contributed by atoms with E-state index in [1.54, 1.807) is 42.5 Å². The van der Waals surface area contributed by atoms with E-state index >= 15 is 0 Å². The minimum absolute atomic E-state index is 0.166. The summed E-state index contributed by atoms with van der Waals surface area (Å²) >= 11 is 7.93. The van der Waals surface area contributed by atoms with Crippen molar-refractivity contribution in [3.63, 3.8) is 0 Å². The Morgan fingerprint density at radius 1 is 1.09 bits per heavy atom. The summed E-state index contributed by atoms with van der Waals surface area (Å²) in [7, 11) is 1.51. The van der Waals surface area contributed by atoms with Gasteiger partial charge in [-0.15, -0.1) is 0 Å². The van der Waals surface area contributed by atoms with Crippen LogP contribution in [0.5, 0.6) is 0 Å². The summed E-state index contributed by atoms with van der Waals surface area (Å²) < 4.78 is 0.811. The topological polar surface area (TPSA) is 58.2 Å². The van der Waals surface area contributed by atoms with Crippen molar-refractivity contribution < 1.29 is 9.59 Å². The van der Waals surface area contributed by atoms with Crippen LogP contribution >= 0.6 is 34.2 Å². The molecule has 2 amide bonds. The van der Waals surface area contributed by atoms with E-state index in [1.807, 2.05) is 12.1 Å². The van der Waals surface area contributed by atoms with Crippen molar-refractivity contribution in [3.05, 3.63) is 73.9 Å². The zero-order valence-corrected chi connectivity index (χ0v) is 15.2. The van der Waals surface area contributed by atoms with E-state index in [0.29, 0.717) is 10.6 Å². The molecule has 2 N–H and O–H groups in total. The number of rotatable bonds is 4. The first-order valence-corrected chi connectivity index (χ1v) is 8.22. The first-order valence-electron chi connectivity index (χ1n) is 6.76. The Balaban J connectivity index is 2.29. The maximum Gasteiger partial charge on any atom is 0.267 e. The SMILES string of the molecule is CNC(=O)C(=Cc1ccc(Cl)cc1)NC(=O)c1ccccc1I. The van der Waals surface area contributed by atoms with Crippen LogP contribution in [0.3, 0.4) is 0 Å². The molecule has 0 aromatic heterocycles. The van der Waals surface area contributed by atoms with Crippen LogP contribution in [0.1, 0.15) is 15.9 Å². The average molecular weight is 441 g/mol. The molecule has 0 radical (unpaired) electrons. The Morgan fingerprint density at radius 2 is 1.74 bits per heavy atom. The zero-order chi connectivity index (χ0) is 16.8. The third kappa shape index (κ3) is 4.80. The van der Waals surface area contributed by atoms with E-state index in [0.717, 1.165) is 9.13 Å². The largest absolute Gasteiger partial charge is 0.354 e. The Labute approximate surface area is 153 Å². The van der Waals surface area contributed by atoms with Gasteiger partial charge in [-0.25, -0.2) is 0 Å². The predicted molar refractivity (Wildman–Crippen MR) is 100 cm³/mol. The van der Waals surface area contributed by atoms with Crippen molar-refractivity contribution in [2.45, 2.75) is 0 Å². The molecule has 0 atom stereocenters. The number of hydrogen-bond donors (Lipinski definition) is 2. The van der Waals surface area contributed by atoms with Gasteiger partial charge in [0, 0.05) is 15.6 Å². The van der Waals surface area contributed by atoms with Crippen LogP contribution in [0.15, 0.2) is 54.2 Å². The highest BCUT2D eigenvalue weighted by atomic mass is 127. The van der Waals surface area contributed by atoms with Crippen molar-refractivity contribution >= 4 is 52.1 Å². The lowest BCUT2D eigenvalue weighted by molar-refractivity contribution is -0.117. The van der Waals surface area contributed by atoms with Gasteiger partial charge in [-0.3, -0.25) is 9.59 Å². The molecule has 0 saturated carbocycles. The van der Waals surface area contributed by atoms with Gasteiger partial charge in [-0.1, -0.05) is 35.9 Å². The Bertz CT molecular complexity index is 757. The number of hydrogen-bond acceptors (Lipinski definition) is 2. The molecule has 0 saturated heterocycles. The number of carbonyl (C=O) groups is 2. The van der Waals surface area contributed by atoms with Crippen LogP contribution in [0.4, 0.5) is 0 Å². The first kappa shape index (κ1) is 17.5. The van der Waals surface area contributed by atoms with Gasteiger partial charge in [0.1, 0.15) is 5.70 Å². The van der Waals surface area contributed by atoms with Crippen molar-refractivity contribution in [2.24, 2.45) is 0 Å². The average Bonchev–Trinajstić information content (AvgIpc) is 2.55. The van der Waals surface area contributed by atoms with Gasteiger partial charge in [0.25, 0.3) is 11.8 Å². The second-order valence-electron chi connectivity index (χ2n) is 4.62. The molecule has 0 aliphatic carbocycles. The lowest BCUT2D eigenvalue weighted by atomic mass is 10.1. The normalized spacial score (nSPS) is 11.0. The summed E-state index contributed by atoms with van der Waals surface area (Å²) in [6.45, 7) is 0. The summed E-state index contributed by atoms with van der Waals surface area (Å²) in [6.07, 6.45) is 1.60. The summed E-state index contributed by atoms with van der Waals surface area (Å²) in [4.78, 5) is 24.4. The second kappa shape index (κ2) is 8.12. The molecule has 2 rings (SSSR count). The summed E-state index contributed by atoms with van der Waals surface area (Å²) in [5.74, 6) is -0.710. The van der Waals surface area contributed by atoms with Gasteiger partial charge < -0.3 is 10.6 Å². The molecule has 0 spiro atoms. The minimum Gasteiger partial charge on any atom is -0.354 e. The van der Waals surface area contributed by atoms with Gasteiger partial charge >= 0.3 is 0 Å². The number of likely N-dealkylation sites (N-methyl/N-ethyl adjacent to an activating group) is 1. The lowest BCUT2D eigenvalue weighted by Gasteiger charge is -2.10. The molecule has 0 heterocycles. The van der Waals surface area contributed by atoms with Crippen molar-refractivity contribution in [2.75, 3.05) is 7.05 Å². The van der Waals surface area contributed by atoms with Crippen LogP contribution in [0.25, 0.3) is 6.08 Å². The quantitative estimate of drug-likeness (QED) is 0.565. The summed E-state index contributed by atoms with van der Waals surface area (Å²) in [5.41, 5.74) is 1.44. The molecule has 0 aliphatic rings. The Hall–Kier alpha value is -1.86. The molecular formula is C17H14ClIN2O2. The van der Waals surface area contributed by atoms with Crippen molar-refractivity contribution in [1.82, 2.24) is 10.6 Å². The van der Waals surface area contributed by atoms with Crippen LogP contribution in [0, 0.1) is 3.57 Å². The monoisotopic (exact) mass is 440 g/mol. The predicted octanol–water partition coefficient (Wildman–Crippen LogP) is 3.46. The highest BCUT2D eigenvalue weighted by Gasteiger charge is 2.15. The molecule has 0 aliphatic heterocycles. The lowest BCUT2D eigenvalue weighted by Crippen LogP contribution is -2.33. The molecule has 0 unspecified atom stereocenters. The zero-order valence-electron chi connectivity index (χ0n) is 12.3. The minimum atomic E-state index is -0.376. The fourth-order valence-corrected chi connectivity index (χ4v) is 2.61. The smallest absolute Gasteiger partial charge is 0.267 e. The second-order valence-corrected chi connectivity index (χ2v) is 6.22. The van der Waals surface area contributed by atoms with Crippen LogP contribution < -0.4 is 10.6 Å². The van der Waals surface area contributed by atoms with Crippen molar-refractivity contribution in [3.8, 4) is 0 Å². The molecular weight excluding hydrogens is 427 g/mol. The van der Waals surface area contributed by atoms with Crippen molar-refractivity contribution in [1.29, 1.82) is 0 Å². The number of benzene rings is 2. The fraction of sp³-hybridized carbons (Fsp3) is 0.0588. The van der Waals surface area contributed by atoms with E-state index in [2.05, 4.69) is 33.2 Å². The van der Waals surface area contributed by atoms with Crippen LogP contribution in [-0.2, 0) is 4.79 Å². The van der Waals surface area contributed by atoms with Crippen LogP contribution in [0.2, 0.25) is 5.02 Å². The highest BCUT2D eigenvalue weighted by molar-refractivity contribution is 14.1. The van der Waals surface area contributed by atoms with E-state index in [1.165, 1.54) is 7.05 Å². The van der Waals surface area contributed by atoms with E-state index in [4.69, 9.17) is 11.6 Å². The van der Waals surface area contributed by atoms with Crippen LogP contribution in [-0.4, -0.2) is 18.9 Å². The van der Waals surface area contributed by atoms with Gasteiger partial charge in [0.15, 0.2) is 0 Å². The summed E-state index contributed by atoms with van der Waals surface area (Å²) in [6, 6.07) is 14.1. The molecule has 2 aromatic carbocycles. The molecule has 2 aromatic rings. The molecule has 0 bridgehead atoms. The molecule has 6 heteroatoms.